The van der Waals surface area contributed by atoms with Crippen molar-refractivity contribution in [2.45, 2.75) is 6.36 Å². The largest absolute Gasteiger partial charge is 0.573 e. The van der Waals surface area contributed by atoms with Crippen LogP contribution in [0.4, 0.5) is 17.6 Å². The second kappa shape index (κ2) is 5.20. The summed E-state index contributed by atoms with van der Waals surface area (Å²) in [6, 6.07) is 6.88. The van der Waals surface area contributed by atoms with E-state index in [1.54, 1.807) is 0 Å². The number of alkyl halides is 3. The van der Waals surface area contributed by atoms with Crippen LogP contribution in [0.5, 0.6) is 11.5 Å². The molecule has 0 aliphatic rings. The molecule has 0 aliphatic carbocycles. The maximum absolute atomic E-state index is 13.2. The van der Waals surface area contributed by atoms with E-state index in [-0.39, 0.29) is 5.02 Å². The molecule has 0 aromatic heterocycles. The summed E-state index contributed by atoms with van der Waals surface area (Å²) in [6.45, 7) is 0. The number of phenols is 1. The number of hydrogen-bond donors (Lipinski definition) is 1. The lowest BCUT2D eigenvalue weighted by Gasteiger charge is -2.11. The van der Waals surface area contributed by atoms with Gasteiger partial charge >= 0.3 is 6.36 Å². The summed E-state index contributed by atoms with van der Waals surface area (Å²) in [4.78, 5) is 0. The highest BCUT2D eigenvalue weighted by molar-refractivity contribution is 6.30. The van der Waals surface area contributed by atoms with Crippen LogP contribution in [0.1, 0.15) is 0 Å². The average Bonchev–Trinajstić information content (AvgIpc) is 2.29. The Morgan fingerprint density at radius 3 is 2.25 bits per heavy atom. The monoisotopic (exact) mass is 306 g/mol. The van der Waals surface area contributed by atoms with Crippen molar-refractivity contribution in [1.82, 2.24) is 0 Å². The lowest BCUT2D eigenvalue weighted by atomic mass is 10.1. The Morgan fingerprint density at radius 2 is 1.70 bits per heavy atom. The molecule has 2 rings (SSSR count). The highest BCUT2D eigenvalue weighted by Crippen LogP contribution is 2.35. The molecule has 0 bridgehead atoms. The van der Waals surface area contributed by atoms with Crippen LogP contribution >= 0.6 is 11.6 Å². The van der Waals surface area contributed by atoms with Crippen LogP contribution in [0.3, 0.4) is 0 Å². The molecule has 0 saturated heterocycles. The van der Waals surface area contributed by atoms with E-state index >= 15 is 0 Å². The number of hydrogen-bond acceptors (Lipinski definition) is 2. The van der Waals surface area contributed by atoms with E-state index in [2.05, 4.69) is 4.74 Å². The number of ether oxygens (including phenoxy) is 1. The fourth-order valence-electron chi connectivity index (χ4n) is 1.63. The molecule has 0 radical (unpaired) electrons. The molecule has 2 aromatic carbocycles. The van der Waals surface area contributed by atoms with Gasteiger partial charge in [0.2, 0.25) is 0 Å². The van der Waals surface area contributed by atoms with Crippen molar-refractivity contribution in [3.05, 3.63) is 47.2 Å². The van der Waals surface area contributed by atoms with Gasteiger partial charge in [0.15, 0.2) is 11.5 Å². The summed E-state index contributed by atoms with van der Waals surface area (Å²) in [5, 5.41) is 9.64. The second-order valence-electron chi connectivity index (χ2n) is 3.89. The molecule has 0 fully saturated rings. The molecule has 20 heavy (non-hydrogen) atoms. The van der Waals surface area contributed by atoms with E-state index in [9.17, 15) is 22.7 Å². The maximum Gasteiger partial charge on any atom is 0.573 e. The average molecular weight is 307 g/mol. The maximum atomic E-state index is 13.2. The van der Waals surface area contributed by atoms with E-state index in [0.29, 0.717) is 11.1 Å². The minimum Gasteiger partial charge on any atom is -0.504 e. The van der Waals surface area contributed by atoms with Gasteiger partial charge in [0.25, 0.3) is 0 Å². The molecule has 0 heterocycles. The van der Waals surface area contributed by atoms with Crippen LogP contribution in [-0.2, 0) is 0 Å². The van der Waals surface area contributed by atoms with E-state index < -0.39 is 23.7 Å². The first-order valence-corrected chi connectivity index (χ1v) is 5.67. The molecule has 0 spiro atoms. The normalized spacial score (nSPS) is 11.4. The SMILES string of the molecule is Oc1cc(-c2cc(F)cc(Cl)c2)ccc1OC(F)(F)F. The smallest absolute Gasteiger partial charge is 0.504 e. The van der Waals surface area contributed by atoms with Crippen molar-refractivity contribution in [3.63, 3.8) is 0 Å². The second-order valence-corrected chi connectivity index (χ2v) is 4.32. The Morgan fingerprint density at radius 1 is 1.00 bits per heavy atom. The first-order valence-electron chi connectivity index (χ1n) is 5.30. The Bertz CT molecular complexity index is 621. The number of halogens is 5. The Hall–Kier alpha value is -1.95. The zero-order valence-electron chi connectivity index (χ0n) is 9.71. The van der Waals surface area contributed by atoms with Crippen molar-refractivity contribution in [3.8, 4) is 22.6 Å². The van der Waals surface area contributed by atoms with Gasteiger partial charge in [-0.25, -0.2) is 4.39 Å². The predicted molar refractivity (Wildman–Crippen MR) is 65.2 cm³/mol. The summed E-state index contributed by atoms with van der Waals surface area (Å²) in [5.74, 6) is -2.04. The van der Waals surface area contributed by atoms with Crippen LogP contribution in [-0.4, -0.2) is 11.5 Å². The molecular formula is C13H7ClF4O2. The number of rotatable bonds is 2. The van der Waals surface area contributed by atoms with E-state index in [0.717, 1.165) is 24.3 Å². The van der Waals surface area contributed by atoms with Crippen LogP contribution in [0.25, 0.3) is 11.1 Å². The topological polar surface area (TPSA) is 29.5 Å². The lowest BCUT2D eigenvalue weighted by Crippen LogP contribution is -2.17. The quantitative estimate of drug-likeness (QED) is 0.811. The third-order valence-corrected chi connectivity index (χ3v) is 2.60. The van der Waals surface area contributed by atoms with Crippen molar-refractivity contribution >= 4 is 11.6 Å². The highest BCUT2D eigenvalue weighted by Gasteiger charge is 2.32. The summed E-state index contributed by atoms with van der Waals surface area (Å²) in [5.41, 5.74) is 0.627. The van der Waals surface area contributed by atoms with Gasteiger partial charge in [-0.2, -0.15) is 0 Å². The number of phenolic OH excluding ortho intramolecular Hbond substituents is 1. The third-order valence-electron chi connectivity index (χ3n) is 2.38. The van der Waals surface area contributed by atoms with E-state index in [1.165, 1.54) is 12.1 Å². The van der Waals surface area contributed by atoms with Gasteiger partial charge < -0.3 is 9.84 Å². The van der Waals surface area contributed by atoms with Crippen LogP contribution < -0.4 is 4.74 Å². The van der Waals surface area contributed by atoms with Crippen molar-refractivity contribution in [2.75, 3.05) is 0 Å². The molecule has 2 nitrogen and oxygen atoms in total. The molecule has 106 valence electrons. The molecular weight excluding hydrogens is 300 g/mol. The summed E-state index contributed by atoms with van der Waals surface area (Å²) >= 11 is 5.68. The zero-order chi connectivity index (χ0) is 14.9. The Balaban J connectivity index is 2.38. The molecule has 7 heteroatoms. The Kier molecular flexibility index (Phi) is 3.76. The van der Waals surface area contributed by atoms with Crippen molar-refractivity contribution in [1.29, 1.82) is 0 Å². The zero-order valence-corrected chi connectivity index (χ0v) is 10.5. The third kappa shape index (κ3) is 3.54. The summed E-state index contributed by atoms with van der Waals surface area (Å²) < 4.78 is 53.0. The van der Waals surface area contributed by atoms with Crippen molar-refractivity contribution in [2.24, 2.45) is 0 Å². The molecule has 1 N–H and O–H groups in total. The first kappa shape index (κ1) is 14.5. The predicted octanol–water partition coefficient (Wildman–Crippen LogP) is 4.75. The molecule has 0 saturated carbocycles. The fraction of sp³-hybridized carbons (Fsp3) is 0.0769. The summed E-state index contributed by atoms with van der Waals surface area (Å²) in [6.07, 6.45) is -4.90. The highest BCUT2D eigenvalue weighted by atomic mass is 35.5. The molecule has 2 aromatic rings. The Labute approximate surface area is 116 Å². The van der Waals surface area contributed by atoms with E-state index in [4.69, 9.17) is 11.6 Å². The van der Waals surface area contributed by atoms with Crippen LogP contribution in [0.15, 0.2) is 36.4 Å². The van der Waals surface area contributed by atoms with Gasteiger partial charge in [0, 0.05) is 5.02 Å². The summed E-state index contributed by atoms with van der Waals surface area (Å²) in [7, 11) is 0. The minimum atomic E-state index is -4.90. The van der Waals surface area contributed by atoms with Gasteiger partial charge in [0.1, 0.15) is 5.82 Å². The minimum absolute atomic E-state index is 0.134. The van der Waals surface area contributed by atoms with Gasteiger partial charge in [-0.05, 0) is 41.5 Å². The van der Waals surface area contributed by atoms with Crippen molar-refractivity contribution < 1.29 is 27.4 Å². The van der Waals surface area contributed by atoms with Gasteiger partial charge in [0.05, 0.1) is 0 Å². The van der Waals surface area contributed by atoms with Gasteiger partial charge in [-0.1, -0.05) is 17.7 Å². The van der Waals surface area contributed by atoms with Gasteiger partial charge in [-0.15, -0.1) is 13.2 Å². The molecule has 0 amide bonds. The van der Waals surface area contributed by atoms with Crippen LogP contribution in [0.2, 0.25) is 5.02 Å². The number of benzene rings is 2. The van der Waals surface area contributed by atoms with Gasteiger partial charge in [-0.3, -0.25) is 0 Å². The first-order chi connectivity index (χ1) is 9.24. The fourth-order valence-corrected chi connectivity index (χ4v) is 1.85. The number of aromatic hydroxyl groups is 1. The molecule has 0 unspecified atom stereocenters. The molecule has 0 atom stereocenters. The lowest BCUT2D eigenvalue weighted by molar-refractivity contribution is -0.275. The van der Waals surface area contributed by atoms with Crippen LogP contribution in [0, 0.1) is 5.82 Å². The standard InChI is InChI=1S/C13H7ClF4O2/c14-9-3-8(4-10(15)6-9)7-1-2-12(11(19)5-7)20-13(16,17)18/h1-6,19H. The van der Waals surface area contributed by atoms with E-state index in [1.807, 2.05) is 0 Å². The molecule has 0 aliphatic heterocycles.